The molecule has 102 valence electrons. The van der Waals surface area contributed by atoms with Crippen LogP contribution in [0.25, 0.3) is 0 Å². The highest BCUT2D eigenvalue weighted by molar-refractivity contribution is 7.89. The summed E-state index contributed by atoms with van der Waals surface area (Å²) in [6.07, 6.45) is 0. The van der Waals surface area contributed by atoms with Crippen LogP contribution < -0.4 is 10.6 Å². The van der Waals surface area contributed by atoms with Gasteiger partial charge in [0.25, 0.3) is 0 Å². The van der Waals surface area contributed by atoms with Crippen molar-refractivity contribution in [3.63, 3.8) is 0 Å². The molecule has 1 aromatic carbocycles. The minimum atomic E-state index is -3.48. The third kappa shape index (κ3) is 4.06. The van der Waals surface area contributed by atoms with E-state index < -0.39 is 10.0 Å². The smallest absolute Gasteiger partial charge is 0.240 e. The van der Waals surface area contributed by atoms with Crippen molar-refractivity contribution >= 4 is 10.0 Å². The molecule has 0 aliphatic rings. The average Bonchev–Trinajstić information content (AvgIpc) is 2.28. The van der Waals surface area contributed by atoms with Crippen molar-refractivity contribution in [3.05, 3.63) is 29.8 Å². The van der Waals surface area contributed by atoms with Crippen LogP contribution in [0.2, 0.25) is 0 Å². The lowest BCUT2D eigenvalue weighted by molar-refractivity contribution is 0.143. The lowest BCUT2D eigenvalue weighted by atomic mass is 9.87. The first-order valence-corrected chi connectivity index (χ1v) is 7.17. The first kappa shape index (κ1) is 15.1. The van der Waals surface area contributed by atoms with Crippen molar-refractivity contribution in [1.82, 2.24) is 4.72 Å². The van der Waals surface area contributed by atoms with Crippen LogP contribution in [0.15, 0.2) is 29.2 Å². The summed E-state index contributed by atoms with van der Waals surface area (Å²) < 4.78 is 26.1. The highest BCUT2D eigenvalue weighted by atomic mass is 32.2. The molecule has 0 aliphatic heterocycles. The van der Waals surface area contributed by atoms with Crippen LogP contribution in [-0.4, -0.2) is 21.6 Å². The van der Waals surface area contributed by atoms with E-state index in [1.807, 2.05) is 12.1 Å². The Labute approximate surface area is 108 Å². The van der Waals surface area contributed by atoms with Gasteiger partial charge in [-0.05, 0) is 23.1 Å². The molecule has 18 heavy (non-hydrogen) atoms. The maximum Gasteiger partial charge on any atom is 0.240 e. The van der Waals surface area contributed by atoms with E-state index in [-0.39, 0.29) is 23.5 Å². The third-order valence-electron chi connectivity index (χ3n) is 2.54. The molecule has 0 amide bonds. The van der Waals surface area contributed by atoms with Crippen molar-refractivity contribution in [1.29, 1.82) is 0 Å². The molecule has 3 N–H and O–H groups in total. The second-order valence-corrected chi connectivity index (χ2v) is 6.81. The Balaban J connectivity index is 2.85. The van der Waals surface area contributed by atoms with Gasteiger partial charge >= 0.3 is 0 Å². The molecule has 0 fully saturated rings. The van der Waals surface area contributed by atoms with Crippen molar-refractivity contribution in [2.75, 3.05) is 13.2 Å². The molecule has 0 unspecified atom stereocenters. The summed E-state index contributed by atoms with van der Waals surface area (Å²) in [5.41, 5.74) is 1.09. The molecular weight excluding hydrogens is 252 g/mol. The van der Waals surface area contributed by atoms with Gasteiger partial charge in [-0.2, -0.15) is 0 Å². The summed E-state index contributed by atoms with van der Waals surface area (Å²) in [4.78, 5) is 4.55. The molecule has 0 radical (unpaired) electrons. The molecule has 0 bridgehead atoms. The second kappa shape index (κ2) is 5.79. The monoisotopic (exact) mass is 272 g/mol. The fraction of sp³-hybridized carbons (Fsp3) is 0.500. The van der Waals surface area contributed by atoms with Crippen molar-refractivity contribution < 1.29 is 13.3 Å². The topological polar surface area (TPSA) is 81.4 Å². The summed E-state index contributed by atoms with van der Waals surface area (Å²) in [6.45, 7) is 6.52. The van der Waals surface area contributed by atoms with E-state index in [1.54, 1.807) is 12.1 Å². The Morgan fingerprint density at radius 2 is 1.78 bits per heavy atom. The van der Waals surface area contributed by atoms with E-state index in [1.165, 1.54) is 0 Å². The van der Waals surface area contributed by atoms with E-state index in [2.05, 4.69) is 30.3 Å². The van der Waals surface area contributed by atoms with Crippen LogP contribution in [0.5, 0.6) is 0 Å². The van der Waals surface area contributed by atoms with E-state index in [0.29, 0.717) is 0 Å². The predicted octanol–water partition coefficient (Wildman–Crippen LogP) is 1.15. The molecule has 5 nitrogen and oxygen atoms in total. The molecule has 1 rings (SSSR count). The number of nitrogens with one attached hydrogen (secondary N) is 1. The molecule has 0 saturated heterocycles. The molecule has 6 heteroatoms. The molecule has 0 heterocycles. The Bertz CT molecular complexity index is 475. The SMILES string of the molecule is CC(C)(C)c1ccc(S(=O)(=O)NCCON)cc1. The largest absolute Gasteiger partial charge is 0.303 e. The van der Waals surface area contributed by atoms with Gasteiger partial charge in [0.1, 0.15) is 0 Å². The van der Waals surface area contributed by atoms with Crippen molar-refractivity contribution in [3.8, 4) is 0 Å². The Hall–Kier alpha value is -0.950. The van der Waals surface area contributed by atoms with Gasteiger partial charge in [-0.1, -0.05) is 32.9 Å². The first-order valence-electron chi connectivity index (χ1n) is 5.69. The third-order valence-corrected chi connectivity index (χ3v) is 4.02. The fourth-order valence-corrected chi connectivity index (χ4v) is 2.47. The number of hydrogen-bond acceptors (Lipinski definition) is 4. The van der Waals surface area contributed by atoms with Gasteiger partial charge in [0.05, 0.1) is 11.5 Å². The van der Waals surface area contributed by atoms with Crippen molar-refractivity contribution in [2.24, 2.45) is 5.90 Å². The molecule has 0 aliphatic carbocycles. The minimum absolute atomic E-state index is 0.00309. The average molecular weight is 272 g/mol. The standard InChI is InChI=1S/C12H20N2O3S/c1-12(2,3)10-4-6-11(7-5-10)18(15,16)14-8-9-17-13/h4-7,14H,8-9,13H2,1-3H3. The predicted molar refractivity (Wildman–Crippen MR) is 70.5 cm³/mol. The zero-order valence-electron chi connectivity index (χ0n) is 10.9. The molecule has 0 atom stereocenters. The maximum atomic E-state index is 11.9. The Morgan fingerprint density at radius 1 is 1.22 bits per heavy atom. The second-order valence-electron chi connectivity index (χ2n) is 5.04. The van der Waals surface area contributed by atoms with Gasteiger partial charge in [0.15, 0.2) is 0 Å². The van der Waals surface area contributed by atoms with Crippen molar-refractivity contribution in [2.45, 2.75) is 31.1 Å². The van der Waals surface area contributed by atoms with Crippen LogP contribution >= 0.6 is 0 Å². The zero-order valence-corrected chi connectivity index (χ0v) is 11.8. The van der Waals surface area contributed by atoms with Gasteiger partial charge < -0.3 is 4.84 Å². The lowest BCUT2D eigenvalue weighted by Crippen LogP contribution is -2.28. The molecular formula is C12H20N2O3S. The summed E-state index contributed by atoms with van der Waals surface area (Å²) in [6, 6.07) is 6.86. The number of sulfonamides is 1. The van der Waals surface area contributed by atoms with Gasteiger partial charge in [0, 0.05) is 6.54 Å². The first-order chi connectivity index (χ1) is 8.27. The van der Waals surface area contributed by atoms with Gasteiger partial charge in [0.2, 0.25) is 10.0 Å². The zero-order chi connectivity index (χ0) is 13.8. The summed E-state index contributed by atoms with van der Waals surface area (Å²) >= 11 is 0. The highest BCUT2D eigenvalue weighted by Gasteiger charge is 2.17. The summed E-state index contributed by atoms with van der Waals surface area (Å²) in [7, 11) is -3.48. The van der Waals surface area contributed by atoms with Crippen LogP contribution in [0, 0.1) is 0 Å². The maximum absolute atomic E-state index is 11.9. The van der Waals surface area contributed by atoms with E-state index in [4.69, 9.17) is 5.90 Å². The molecule has 0 spiro atoms. The van der Waals surface area contributed by atoms with Crippen LogP contribution in [0.3, 0.4) is 0 Å². The van der Waals surface area contributed by atoms with Crippen LogP contribution in [-0.2, 0) is 20.3 Å². The van der Waals surface area contributed by atoms with Crippen LogP contribution in [0.4, 0.5) is 0 Å². The number of hydrogen-bond donors (Lipinski definition) is 2. The van der Waals surface area contributed by atoms with Gasteiger partial charge in [-0.25, -0.2) is 19.0 Å². The fourth-order valence-electron chi connectivity index (χ4n) is 1.45. The Kier molecular flexibility index (Phi) is 4.86. The molecule has 0 aromatic heterocycles. The normalized spacial score (nSPS) is 12.7. The summed E-state index contributed by atoms with van der Waals surface area (Å²) in [5.74, 6) is 4.83. The highest BCUT2D eigenvalue weighted by Crippen LogP contribution is 2.23. The molecule has 1 aromatic rings. The summed E-state index contributed by atoms with van der Waals surface area (Å²) in [5, 5.41) is 0. The van der Waals surface area contributed by atoms with Crippen LogP contribution in [0.1, 0.15) is 26.3 Å². The molecule has 0 saturated carbocycles. The number of benzene rings is 1. The van der Waals surface area contributed by atoms with E-state index >= 15 is 0 Å². The lowest BCUT2D eigenvalue weighted by Gasteiger charge is -2.19. The minimum Gasteiger partial charge on any atom is -0.303 e. The van der Waals surface area contributed by atoms with E-state index in [0.717, 1.165) is 5.56 Å². The van der Waals surface area contributed by atoms with E-state index in [9.17, 15) is 8.42 Å². The number of rotatable bonds is 5. The quantitative estimate of drug-likeness (QED) is 0.622. The van der Waals surface area contributed by atoms with Gasteiger partial charge in [-0.3, -0.25) is 0 Å². The van der Waals surface area contributed by atoms with Gasteiger partial charge in [-0.15, -0.1) is 0 Å². The number of nitrogens with two attached hydrogens (primary N) is 1. The Morgan fingerprint density at radius 3 is 2.22 bits per heavy atom.